The van der Waals surface area contributed by atoms with Crippen molar-refractivity contribution >= 4 is 44.6 Å². The molecule has 300 valence electrons. The van der Waals surface area contributed by atoms with Gasteiger partial charge in [0.1, 0.15) is 5.82 Å². The number of pyridine rings is 1. The molecule has 0 bridgehead atoms. The number of nitrogens with zero attached hydrogens (tertiary/aromatic N) is 4. The molecule has 0 spiro atoms. The van der Waals surface area contributed by atoms with Crippen molar-refractivity contribution in [3.05, 3.63) is 150 Å². The third kappa shape index (κ3) is 6.19. The van der Waals surface area contributed by atoms with Crippen LogP contribution in [0.4, 0.5) is 22.7 Å². The molecule has 5 nitrogen and oxygen atoms in total. The van der Waals surface area contributed by atoms with E-state index < -0.39 is 0 Å². The second-order valence-electron chi connectivity index (χ2n) is 20.3. The molecule has 7 aromatic rings. The van der Waals surface area contributed by atoms with Crippen LogP contribution < -0.4 is 13.9 Å². The van der Waals surface area contributed by atoms with Crippen molar-refractivity contribution in [2.24, 2.45) is 0 Å². The van der Waals surface area contributed by atoms with Crippen LogP contribution in [0, 0.1) is 18.8 Å². The summed E-state index contributed by atoms with van der Waals surface area (Å²) in [6.45, 7) is 29.6. The molecule has 9 rings (SSSR count). The zero-order valence-electron chi connectivity index (χ0n) is 36.0. The smallest absolute Gasteiger partial charge is 0.225 e. The maximum Gasteiger partial charge on any atom is 0.225 e. The number of ether oxygens (including phenoxy) is 1. The number of quaternary nitrogens is 2. The van der Waals surface area contributed by atoms with E-state index in [1.54, 1.807) is 0 Å². The van der Waals surface area contributed by atoms with E-state index in [2.05, 4.69) is 210 Å². The fourth-order valence-corrected chi connectivity index (χ4v) is 8.63. The summed E-state index contributed by atoms with van der Waals surface area (Å²) in [7, 11) is 0. The van der Waals surface area contributed by atoms with Crippen molar-refractivity contribution in [3.8, 4) is 17.3 Å². The maximum atomic E-state index is 6.90. The summed E-state index contributed by atoms with van der Waals surface area (Å²) in [5.74, 6) is 2.19. The van der Waals surface area contributed by atoms with E-state index in [1.807, 2.05) is 6.20 Å². The molecule has 2 aliphatic heterocycles. The summed E-state index contributed by atoms with van der Waals surface area (Å²) in [4.78, 5) is 4.94. The maximum absolute atomic E-state index is 6.90. The minimum atomic E-state index is -0.128. The third-order valence-corrected chi connectivity index (χ3v) is 12.1. The zero-order chi connectivity index (χ0) is 40.5. The third-order valence-electron chi connectivity index (χ3n) is 12.1. The second kappa shape index (κ2) is 13.2. The number of hydrogen-bond donors (Lipinski definition) is 0. The van der Waals surface area contributed by atoms with E-state index in [9.17, 15) is 0 Å². The Balaban J connectivity index is 0.00000469. The van der Waals surface area contributed by atoms with Gasteiger partial charge in [0.05, 0.1) is 5.69 Å². The number of hydrogen-bond acceptors (Lipinski definition) is 2. The molecule has 2 atom stereocenters. The Morgan fingerprint density at radius 1 is 0.552 bits per heavy atom. The van der Waals surface area contributed by atoms with Crippen LogP contribution in [0.25, 0.3) is 27.6 Å². The first-order chi connectivity index (χ1) is 26.7. The van der Waals surface area contributed by atoms with Crippen LogP contribution in [-0.4, -0.2) is 9.55 Å². The molecule has 0 aliphatic carbocycles. The largest absolute Gasteiger partial charge is 0.509 e. The monoisotopic (exact) mass is 946 g/mol. The normalized spacial score (nSPS) is 19.0. The van der Waals surface area contributed by atoms with Crippen LogP contribution in [0.5, 0.6) is 11.5 Å². The molecular formula is C52H55N4OPt-. The molecule has 5 aromatic carbocycles. The summed E-state index contributed by atoms with van der Waals surface area (Å²) < 4.78 is 10.3. The van der Waals surface area contributed by atoms with Gasteiger partial charge in [-0.2, -0.15) is 10.7 Å². The number of benzene rings is 5. The van der Waals surface area contributed by atoms with Crippen molar-refractivity contribution in [2.45, 2.75) is 105 Å². The SMILES string of the molecule is CC(C)(C)c1cc(Oc2[c-]c3c(cc2)c2cc(C(C)(C)C)ccc2n3-c2cc(C(C)(C)C)ccn2)[c-]c([N+]23[CH-][N@+]2(c2cccc(C(C)(C)C)c2)c2ccccc23)c1.[Pt]. The number of aromatic nitrogens is 2. The molecule has 1 saturated heterocycles. The average Bonchev–Trinajstić information content (AvgIpc) is 3.64. The fraction of sp³-hybridized carbons (Fsp3) is 0.308. The first-order valence-electron chi connectivity index (χ1n) is 20.3. The van der Waals surface area contributed by atoms with E-state index in [0.717, 1.165) is 27.9 Å². The summed E-state index contributed by atoms with van der Waals surface area (Å²) in [5, 5.41) is 2.30. The molecule has 4 heterocycles. The standard InChI is InChI=1S/C52H55N4O.Pt/c1-49(2,3)34-16-15-17-38(26-34)55-33-56(55,47-19-14-13-18-46(47)55)39-27-37(52(10,11)12)28-41(31-39)57-40-21-22-42-43-29-35(50(4,5)6)20-23-44(43)54(45(42)32-40)48-30-36(24-25-53-48)51(7,8)9;/h13-30,33H,1-12H3;/q-1;/t55-,56?;/m0./s1. The predicted molar refractivity (Wildman–Crippen MR) is 238 cm³/mol. The molecular weight excluding hydrogens is 892 g/mol. The Kier molecular flexibility index (Phi) is 9.18. The van der Waals surface area contributed by atoms with Gasteiger partial charge in [-0.05, 0) is 61.9 Å². The molecule has 6 heteroatoms. The van der Waals surface area contributed by atoms with E-state index in [4.69, 9.17) is 9.72 Å². The Labute approximate surface area is 359 Å². The molecule has 1 unspecified atom stereocenters. The van der Waals surface area contributed by atoms with Gasteiger partial charge in [0.2, 0.25) is 11.4 Å². The van der Waals surface area contributed by atoms with Crippen LogP contribution in [0.3, 0.4) is 0 Å². The van der Waals surface area contributed by atoms with Crippen LogP contribution in [-0.2, 0) is 42.7 Å². The van der Waals surface area contributed by atoms with Crippen LogP contribution >= 0.6 is 0 Å². The minimum absolute atomic E-state index is 0. The van der Waals surface area contributed by atoms with Gasteiger partial charge < -0.3 is 9.30 Å². The van der Waals surface area contributed by atoms with Gasteiger partial charge in [-0.25, -0.2) is 9.58 Å². The van der Waals surface area contributed by atoms with Gasteiger partial charge in [0.25, 0.3) is 0 Å². The fourth-order valence-electron chi connectivity index (χ4n) is 8.63. The number of rotatable bonds is 5. The van der Waals surface area contributed by atoms with Gasteiger partial charge in [0.15, 0.2) is 12.4 Å². The summed E-state index contributed by atoms with van der Waals surface area (Å²) in [6, 6.07) is 45.4. The van der Waals surface area contributed by atoms with Crippen molar-refractivity contribution in [2.75, 3.05) is 0 Å². The number of fused-ring (bicyclic) bond motifs is 7. The first kappa shape index (κ1) is 40.2. The van der Waals surface area contributed by atoms with Crippen LogP contribution in [0.1, 0.15) is 105 Å². The second-order valence-corrected chi connectivity index (χ2v) is 20.3. The molecule has 58 heavy (non-hydrogen) atoms. The Morgan fingerprint density at radius 2 is 1.19 bits per heavy atom. The number of para-hydroxylation sites is 2. The summed E-state index contributed by atoms with van der Waals surface area (Å²) in [6.07, 6.45) is 1.93. The molecule has 0 saturated carbocycles. The first-order valence-corrected chi connectivity index (χ1v) is 20.3. The predicted octanol–water partition coefficient (Wildman–Crippen LogP) is 14.1. The molecule has 0 radical (unpaired) electrons. The molecule has 2 aromatic heterocycles. The molecule has 0 amide bonds. The van der Waals surface area contributed by atoms with Crippen molar-refractivity contribution < 1.29 is 25.8 Å². The molecule has 0 N–H and O–H groups in total. The Bertz CT molecular complexity index is 2750. The molecule has 2 aliphatic rings. The van der Waals surface area contributed by atoms with Gasteiger partial charge in [0, 0.05) is 68.5 Å². The van der Waals surface area contributed by atoms with Crippen molar-refractivity contribution in [1.29, 1.82) is 0 Å². The van der Waals surface area contributed by atoms with E-state index in [-0.39, 0.29) is 42.7 Å². The Hall–Kier alpha value is -4.54. The van der Waals surface area contributed by atoms with E-state index in [1.165, 1.54) is 44.7 Å². The van der Waals surface area contributed by atoms with Crippen molar-refractivity contribution in [1.82, 2.24) is 18.7 Å². The minimum Gasteiger partial charge on any atom is -0.509 e. The summed E-state index contributed by atoms with van der Waals surface area (Å²) >= 11 is 0. The zero-order valence-corrected chi connectivity index (χ0v) is 38.3. The Morgan fingerprint density at radius 3 is 1.86 bits per heavy atom. The molecule has 1 fully saturated rings. The van der Waals surface area contributed by atoms with Crippen molar-refractivity contribution in [3.63, 3.8) is 0 Å². The van der Waals surface area contributed by atoms with Gasteiger partial charge in [-0.1, -0.05) is 131 Å². The van der Waals surface area contributed by atoms with Crippen LogP contribution in [0.15, 0.2) is 109 Å². The quantitative estimate of drug-likeness (QED) is 0.0977. The summed E-state index contributed by atoms with van der Waals surface area (Å²) in [5.41, 5.74) is 11.8. The van der Waals surface area contributed by atoms with E-state index >= 15 is 0 Å². The van der Waals surface area contributed by atoms with Gasteiger partial charge in [-0.15, -0.1) is 35.2 Å². The van der Waals surface area contributed by atoms with E-state index in [0.29, 0.717) is 20.7 Å². The van der Waals surface area contributed by atoms with Gasteiger partial charge >= 0.3 is 0 Å². The average molecular weight is 947 g/mol. The topological polar surface area (TPSA) is 27.1 Å². The van der Waals surface area contributed by atoms with Crippen LogP contribution in [0.2, 0.25) is 0 Å². The van der Waals surface area contributed by atoms with Gasteiger partial charge in [-0.3, -0.25) is 0 Å².